The summed E-state index contributed by atoms with van der Waals surface area (Å²) < 4.78 is 43.3. The van der Waals surface area contributed by atoms with Crippen molar-refractivity contribution in [2.75, 3.05) is 32.1 Å². The summed E-state index contributed by atoms with van der Waals surface area (Å²) in [5, 5.41) is 3.95. The highest BCUT2D eigenvalue weighted by Gasteiger charge is 2.30. The van der Waals surface area contributed by atoms with Crippen LogP contribution in [0.3, 0.4) is 0 Å². The van der Waals surface area contributed by atoms with Crippen LogP contribution in [0, 0.1) is 5.92 Å². The molecule has 4 rings (SSSR count). The van der Waals surface area contributed by atoms with Gasteiger partial charge in [-0.2, -0.15) is 13.2 Å². The van der Waals surface area contributed by atoms with Gasteiger partial charge in [-0.05, 0) is 62.2 Å². The minimum Gasteiger partial charge on any atom is -0.481 e. The Labute approximate surface area is 190 Å². The van der Waals surface area contributed by atoms with Gasteiger partial charge in [0.1, 0.15) is 0 Å². The molecule has 0 unspecified atom stereocenters. The zero-order chi connectivity index (χ0) is 23.4. The number of amides is 1. The number of carbonyl (C=O) groups excluding carboxylic acids is 1. The first-order valence-corrected chi connectivity index (χ1v) is 11.0. The Morgan fingerprint density at radius 3 is 2.48 bits per heavy atom. The van der Waals surface area contributed by atoms with E-state index in [1.807, 2.05) is 24.3 Å². The van der Waals surface area contributed by atoms with Crippen molar-refractivity contribution in [2.45, 2.75) is 25.4 Å². The number of ether oxygens (including phenoxy) is 1. The van der Waals surface area contributed by atoms with Gasteiger partial charge in [0.05, 0.1) is 23.9 Å². The summed E-state index contributed by atoms with van der Waals surface area (Å²) in [4.78, 5) is 19.6. The van der Waals surface area contributed by atoms with Gasteiger partial charge in [0.15, 0.2) is 0 Å². The lowest BCUT2D eigenvalue weighted by atomic mass is 9.95. The summed E-state index contributed by atoms with van der Waals surface area (Å²) in [5.41, 5.74) is 1.61. The van der Waals surface area contributed by atoms with Crippen LogP contribution in [0.5, 0.6) is 5.88 Å². The summed E-state index contributed by atoms with van der Waals surface area (Å²) in [6.45, 7) is 2.31. The zero-order valence-corrected chi connectivity index (χ0v) is 18.4. The Morgan fingerprint density at radius 2 is 1.82 bits per heavy atom. The monoisotopic (exact) mass is 457 g/mol. The fourth-order valence-electron chi connectivity index (χ4n) is 4.14. The van der Waals surface area contributed by atoms with Crippen molar-refractivity contribution in [3.8, 4) is 5.88 Å². The van der Waals surface area contributed by atoms with Crippen molar-refractivity contribution in [3.63, 3.8) is 0 Å². The maximum atomic E-state index is 12.9. The van der Waals surface area contributed by atoms with Crippen LogP contribution >= 0.6 is 0 Å². The third-order valence-electron chi connectivity index (χ3n) is 6.12. The normalized spacial score (nSPS) is 15.5. The number of alkyl halides is 3. The average Bonchev–Trinajstić information content (AvgIpc) is 2.82. The van der Waals surface area contributed by atoms with Gasteiger partial charge < -0.3 is 15.0 Å². The van der Waals surface area contributed by atoms with E-state index < -0.39 is 11.7 Å². The van der Waals surface area contributed by atoms with Crippen molar-refractivity contribution >= 4 is 22.5 Å². The number of anilines is 1. The molecule has 1 saturated heterocycles. The van der Waals surface area contributed by atoms with Crippen molar-refractivity contribution in [1.29, 1.82) is 0 Å². The van der Waals surface area contributed by atoms with Gasteiger partial charge >= 0.3 is 6.18 Å². The number of aromatic nitrogens is 1. The van der Waals surface area contributed by atoms with Crippen LogP contribution in [0.2, 0.25) is 0 Å². The number of halogens is 3. The predicted octanol–water partition coefficient (Wildman–Crippen LogP) is 5.16. The number of piperidine rings is 1. The molecule has 1 aliphatic heterocycles. The molecule has 2 aromatic carbocycles. The molecular weight excluding hydrogens is 431 g/mol. The molecule has 0 spiro atoms. The smallest absolute Gasteiger partial charge is 0.416 e. The molecule has 33 heavy (non-hydrogen) atoms. The van der Waals surface area contributed by atoms with Gasteiger partial charge in [0.25, 0.3) is 0 Å². The number of para-hydroxylation sites is 1. The lowest BCUT2D eigenvalue weighted by molar-refractivity contribution is -0.137. The Morgan fingerprint density at radius 1 is 1.09 bits per heavy atom. The molecule has 0 aliphatic carbocycles. The molecular formula is C25H26F3N3O2. The SMILES string of the molecule is COc1ccc2cccc(NC(=O)C3CCN(CCc4ccc(C(F)(F)F)cc4)CC3)c2n1. The Hall–Kier alpha value is -3.13. The van der Waals surface area contributed by atoms with Gasteiger partial charge in [0, 0.05) is 23.9 Å². The van der Waals surface area contributed by atoms with Crippen LogP contribution in [0.15, 0.2) is 54.6 Å². The van der Waals surface area contributed by atoms with Gasteiger partial charge in [-0.3, -0.25) is 4.79 Å². The second-order valence-electron chi connectivity index (χ2n) is 8.28. The second kappa shape index (κ2) is 9.79. The summed E-state index contributed by atoms with van der Waals surface area (Å²) in [6.07, 6.45) is -2.16. The predicted molar refractivity (Wildman–Crippen MR) is 121 cm³/mol. The van der Waals surface area contributed by atoms with Crippen molar-refractivity contribution in [3.05, 3.63) is 65.7 Å². The number of hydrogen-bond acceptors (Lipinski definition) is 4. The first-order chi connectivity index (χ1) is 15.8. The van der Waals surface area contributed by atoms with Gasteiger partial charge in [-0.15, -0.1) is 0 Å². The lowest BCUT2D eigenvalue weighted by Crippen LogP contribution is -2.39. The number of likely N-dealkylation sites (tertiary alicyclic amines) is 1. The molecule has 8 heteroatoms. The Bertz CT molecular complexity index is 1110. The topological polar surface area (TPSA) is 54.5 Å². The number of carbonyl (C=O) groups is 1. The largest absolute Gasteiger partial charge is 0.481 e. The van der Waals surface area contributed by atoms with E-state index in [9.17, 15) is 18.0 Å². The average molecular weight is 457 g/mol. The van der Waals surface area contributed by atoms with E-state index in [4.69, 9.17) is 4.74 Å². The van der Waals surface area contributed by atoms with Gasteiger partial charge in [-0.1, -0.05) is 24.3 Å². The second-order valence-corrected chi connectivity index (χ2v) is 8.28. The summed E-state index contributed by atoms with van der Waals surface area (Å²) in [7, 11) is 1.56. The molecule has 1 N–H and O–H groups in total. The number of methoxy groups -OCH3 is 1. The van der Waals surface area contributed by atoms with Gasteiger partial charge in [-0.25, -0.2) is 4.98 Å². The Balaban J connectivity index is 1.29. The Kier molecular flexibility index (Phi) is 6.83. The maximum Gasteiger partial charge on any atom is 0.416 e. The van der Waals surface area contributed by atoms with E-state index in [1.165, 1.54) is 12.1 Å². The number of nitrogens with one attached hydrogen (secondary N) is 1. The highest BCUT2D eigenvalue weighted by atomic mass is 19.4. The molecule has 5 nitrogen and oxygen atoms in total. The summed E-state index contributed by atoms with van der Waals surface area (Å²) in [5.74, 6) is 0.383. The molecule has 0 saturated carbocycles. The molecule has 2 heterocycles. The highest BCUT2D eigenvalue weighted by Crippen LogP contribution is 2.29. The third kappa shape index (κ3) is 5.63. The molecule has 0 atom stereocenters. The minimum absolute atomic E-state index is 0.0190. The van der Waals surface area contributed by atoms with Crippen molar-refractivity contribution in [1.82, 2.24) is 9.88 Å². The number of benzene rings is 2. The van der Waals surface area contributed by atoms with E-state index in [0.29, 0.717) is 23.5 Å². The zero-order valence-electron chi connectivity index (χ0n) is 18.4. The van der Waals surface area contributed by atoms with E-state index in [1.54, 1.807) is 13.2 Å². The van der Waals surface area contributed by atoms with Crippen molar-refractivity contribution < 1.29 is 22.7 Å². The minimum atomic E-state index is -4.31. The van der Waals surface area contributed by atoms with Crippen LogP contribution in [-0.4, -0.2) is 42.5 Å². The molecule has 1 fully saturated rings. The van der Waals surface area contributed by atoms with E-state index in [-0.39, 0.29) is 11.8 Å². The molecule has 1 aliphatic rings. The molecule has 3 aromatic rings. The number of pyridine rings is 1. The molecule has 174 valence electrons. The van der Waals surface area contributed by atoms with E-state index in [2.05, 4.69) is 15.2 Å². The molecule has 1 amide bonds. The standard InChI is InChI=1S/C25H26F3N3O2/c1-33-22-10-7-18-3-2-4-21(23(18)30-22)29-24(32)19-12-15-31(16-13-19)14-11-17-5-8-20(9-6-17)25(26,27)28/h2-10,19H,11-16H2,1H3,(H,29,32). The number of fused-ring (bicyclic) bond motifs is 1. The van der Waals surface area contributed by atoms with Crippen LogP contribution in [0.25, 0.3) is 10.9 Å². The number of nitrogens with zero attached hydrogens (tertiary/aromatic N) is 2. The number of hydrogen-bond donors (Lipinski definition) is 1. The first-order valence-electron chi connectivity index (χ1n) is 11.0. The van der Waals surface area contributed by atoms with Gasteiger partial charge in [0.2, 0.25) is 11.8 Å². The lowest BCUT2D eigenvalue weighted by Gasteiger charge is -2.31. The fraction of sp³-hybridized carbons (Fsp3) is 0.360. The fourth-order valence-corrected chi connectivity index (χ4v) is 4.14. The van der Waals surface area contributed by atoms with Crippen LogP contribution in [0.4, 0.5) is 18.9 Å². The quantitative estimate of drug-likeness (QED) is 0.556. The number of rotatable bonds is 6. The highest BCUT2D eigenvalue weighted by molar-refractivity contribution is 6.01. The van der Waals surface area contributed by atoms with E-state index >= 15 is 0 Å². The molecule has 0 radical (unpaired) electrons. The summed E-state index contributed by atoms with van der Waals surface area (Å²) in [6, 6.07) is 14.7. The summed E-state index contributed by atoms with van der Waals surface area (Å²) >= 11 is 0. The third-order valence-corrected chi connectivity index (χ3v) is 6.12. The van der Waals surface area contributed by atoms with Crippen LogP contribution in [0.1, 0.15) is 24.0 Å². The van der Waals surface area contributed by atoms with Crippen molar-refractivity contribution in [2.24, 2.45) is 5.92 Å². The molecule has 0 bridgehead atoms. The first kappa shape index (κ1) is 23.0. The maximum absolute atomic E-state index is 12.9. The van der Waals surface area contributed by atoms with Crippen LogP contribution in [-0.2, 0) is 17.4 Å². The molecule has 1 aromatic heterocycles. The van der Waals surface area contributed by atoms with Crippen LogP contribution < -0.4 is 10.1 Å². The van der Waals surface area contributed by atoms with E-state index in [0.717, 1.165) is 55.6 Å².